The van der Waals surface area contributed by atoms with Crippen molar-refractivity contribution in [2.24, 2.45) is 0 Å². The Labute approximate surface area is 222 Å². The summed E-state index contributed by atoms with van der Waals surface area (Å²) in [6.07, 6.45) is -0.405. The Balaban J connectivity index is 1.77. The van der Waals surface area contributed by atoms with Gasteiger partial charge in [0.1, 0.15) is 16.9 Å². The number of hydrogen-bond donors (Lipinski definition) is 3. The number of ether oxygens (including phenoxy) is 1. The van der Waals surface area contributed by atoms with E-state index in [1.54, 1.807) is 12.1 Å². The number of sulfonamides is 1. The van der Waals surface area contributed by atoms with Crippen LogP contribution in [0.1, 0.15) is 53.8 Å². The van der Waals surface area contributed by atoms with Crippen molar-refractivity contribution in [2.75, 3.05) is 0 Å². The lowest BCUT2D eigenvalue weighted by atomic mass is 10.0. The molecule has 8 nitrogen and oxygen atoms in total. The molecule has 38 heavy (non-hydrogen) atoms. The molecule has 1 atom stereocenters. The molecule has 4 rings (SSSR count). The summed E-state index contributed by atoms with van der Waals surface area (Å²) in [5.41, 5.74) is 4.73. The highest BCUT2D eigenvalue weighted by molar-refractivity contribution is 7.89. The zero-order valence-corrected chi connectivity index (χ0v) is 22.8. The minimum absolute atomic E-state index is 0.0441. The number of aliphatic hydroxyl groups excluding tert-OH is 1. The van der Waals surface area contributed by atoms with Crippen molar-refractivity contribution in [3.63, 3.8) is 0 Å². The molecule has 4 aromatic rings. The molecule has 0 amide bonds. The molecule has 0 saturated carbocycles. The summed E-state index contributed by atoms with van der Waals surface area (Å²) < 4.78 is 34.2. The smallest absolute Gasteiger partial charge is 0.268 e. The molecular weight excluding hydrogens is 502 g/mol. The first kappa shape index (κ1) is 27.3. The van der Waals surface area contributed by atoms with Gasteiger partial charge in [-0.3, -0.25) is 4.79 Å². The third kappa shape index (κ3) is 5.85. The third-order valence-electron chi connectivity index (χ3n) is 6.20. The molecule has 2 heterocycles. The second-order valence-corrected chi connectivity index (χ2v) is 11.3. The predicted octanol–water partition coefficient (Wildman–Crippen LogP) is 5.25. The fraction of sp³-hybridized carbons (Fsp3) is 0.241. The SMILES string of the molecule is Cc1cc(C)c(Oc2nc(-c3ccc(C(C)C)cc3)ccc2C(O)NS(=O)(=O)c2ccc[nH]c2=O)c(C)c1. The Hall–Kier alpha value is -3.79. The van der Waals surface area contributed by atoms with Gasteiger partial charge >= 0.3 is 0 Å². The fourth-order valence-electron chi connectivity index (χ4n) is 4.26. The molecule has 0 aliphatic rings. The van der Waals surface area contributed by atoms with Gasteiger partial charge in [0.05, 0.1) is 11.3 Å². The van der Waals surface area contributed by atoms with Crippen molar-refractivity contribution in [2.45, 2.75) is 51.7 Å². The van der Waals surface area contributed by atoms with Gasteiger partial charge in [-0.1, -0.05) is 55.8 Å². The number of hydrogen-bond acceptors (Lipinski definition) is 6. The Morgan fingerprint density at radius 2 is 1.63 bits per heavy atom. The largest absolute Gasteiger partial charge is 0.438 e. The van der Waals surface area contributed by atoms with E-state index in [1.165, 1.54) is 17.8 Å². The summed E-state index contributed by atoms with van der Waals surface area (Å²) in [7, 11) is -4.35. The van der Waals surface area contributed by atoms with Crippen molar-refractivity contribution < 1.29 is 18.3 Å². The van der Waals surface area contributed by atoms with Crippen molar-refractivity contribution >= 4 is 10.0 Å². The Morgan fingerprint density at radius 1 is 0.974 bits per heavy atom. The number of aromatic amines is 1. The summed E-state index contributed by atoms with van der Waals surface area (Å²) in [4.78, 5) is 18.6. The van der Waals surface area contributed by atoms with Crippen molar-refractivity contribution in [1.82, 2.24) is 14.7 Å². The van der Waals surface area contributed by atoms with E-state index in [4.69, 9.17) is 4.74 Å². The average molecular weight is 534 g/mol. The first-order chi connectivity index (χ1) is 18.0. The fourth-order valence-corrected chi connectivity index (χ4v) is 5.37. The molecule has 0 saturated heterocycles. The van der Waals surface area contributed by atoms with Gasteiger partial charge in [0.2, 0.25) is 15.9 Å². The Morgan fingerprint density at radius 3 is 2.24 bits per heavy atom. The van der Waals surface area contributed by atoms with E-state index in [9.17, 15) is 18.3 Å². The number of H-pyrrole nitrogens is 1. The van der Waals surface area contributed by atoms with Crippen LogP contribution in [0.2, 0.25) is 0 Å². The molecule has 2 aromatic carbocycles. The van der Waals surface area contributed by atoms with Crippen LogP contribution in [0.15, 0.2) is 76.6 Å². The van der Waals surface area contributed by atoms with E-state index in [0.717, 1.165) is 28.3 Å². The molecule has 0 fully saturated rings. The van der Waals surface area contributed by atoms with E-state index >= 15 is 0 Å². The molecular formula is C29H31N3O5S. The van der Waals surface area contributed by atoms with Crippen LogP contribution in [0.4, 0.5) is 0 Å². The van der Waals surface area contributed by atoms with Crippen LogP contribution in [-0.2, 0) is 10.0 Å². The normalized spacial score (nSPS) is 12.5. The summed E-state index contributed by atoms with van der Waals surface area (Å²) in [6, 6.07) is 17.7. The van der Waals surface area contributed by atoms with Crippen molar-refractivity contribution in [3.8, 4) is 22.9 Å². The average Bonchev–Trinajstić information content (AvgIpc) is 2.86. The Kier molecular flexibility index (Phi) is 7.82. The first-order valence-electron chi connectivity index (χ1n) is 12.2. The molecule has 1 unspecified atom stereocenters. The summed E-state index contributed by atoms with van der Waals surface area (Å²) in [6.45, 7) is 10.0. The number of pyridine rings is 2. The molecule has 9 heteroatoms. The minimum atomic E-state index is -4.35. The predicted molar refractivity (Wildman–Crippen MR) is 147 cm³/mol. The number of nitrogens with zero attached hydrogens (tertiary/aromatic N) is 1. The third-order valence-corrected chi connectivity index (χ3v) is 7.63. The lowest BCUT2D eigenvalue weighted by Crippen LogP contribution is -2.32. The van der Waals surface area contributed by atoms with Crippen molar-refractivity contribution in [1.29, 1.82) is 0 Å². The van der Waals surface area contributed by atoms with Gasteiger partial charge < -0.3 is 14.8 Å². The second kappa shape index (κ2) is 10.9. The number of aromatic nitrogens is 2. The lowest BCUT2D eigenvalue weighted by Gasteiger charge is -2.19. The molecule has 3 N–H and O–H groups in total. The van der Waals surface area contributed by atoms with Gasteiger partial charge in [-0.2, -0.15) is 4.72 Å². The van der Waals surface area contributed by atoms with E-state index in [0.29, 0.717) is 17.4 Å². The van der Waals surface area contributed by atoms with Crippen LogP contribution in [0.5, 0.6) is 11.6 Å². The maximum atomic E-state index is 12.9. The monoisotopic (exact) mass is 533 g/mol. The lowest BCUT2D eigenvalue weighted by molar-refractivity contribution is 0.162. The van der Waals surface area contributed by atoms with Crippen LogP contribution in [0.3, 0.4) is 0 Å². The Bertz CT molecular complexity index is 1600. The highest BCUT2D eigenvalue weighted by Crippen LogP contribution is 2.34. The number of aryl methyl sites for hydroxylation is 3. The van der Waals surface area contributed by atoms with Gasteiger partial charge in [-0.25, -0.2) is 13.4 Å². The standard InChI is InChI=1S/C29H31N3O5S/c1-17(2)21-8-10-22(11-9-21)24-13-12-23(27(33)32-38(35,36)25-7-6-14-30-28(25)34)29(31-24)37-26-19(4)15-18(3)16-20(26)5/h6-17,27,32-33H,1-5H3,(H,30,34). The summed E-state index contributed by atoms with van der Waals surface area (Å²) >= 11 is 0. The zero-order valence-electron chi connectivity index (χ0n) is 21.9. The summed E-state index contributed by atoms with van der Waals surface area (Å²) in [5, 5.41) is 11.0. The molecule has 198 valence electrons. The first-order valence-corrected chi connectivity index (χ1v) is 13.7. The molecule has 0 bridgehead atoms. The molecule has 0 radical (unpaired) electrons. The van der Waals surface area contributed by atoms with E-state index in [1.807, 2.05) is 57.2 Å². The number of nitrogens with one attached hydrogen (secondary N) is 2. The topological polar surface area (TPSA) is 121 Å². The van der Waals surface area contributed by atoms with Crippen LogP contribution in [0, 0.1) is 20.8 Å². The van der Waals surface area contributed by atoms with Crippen LogP contribution >= 0.6 is 0 Å². The number of aliphatic hydroxyl groups is 1. The molecule has 0 spiro atoms. The van der Waals surface area contributed by atoms with E-state index in [2.05, 4.69) is 28.5 Å². The van der Waals surface area contributed by atoms with Gasteiger partial charge in [0.15, 0.2) is 0 Å². The number of benzene rings is 2. The summed E-state index contributed by atoms with van der Waals surface area (Å²) in [5.74, 6) is 0.986. The van der Waals surface area contributed by atoms with Crippen molar-refractivity contribution in [3.05, 3.63) is 105 Å². The maximum Gasteiger partial charge on any atom is 0.268 e. The van der Waals surface area contributed by atoms with Gasteiger partial charge in [0, 0.05) is 11.8 Å². The quantitative estimate of drug-likeness (QED) is 0.266. The maximum absolute atomic E-state index is 12.9. The minimum Gasteiger partial charge on any atom is -0.438 e. The number of rotatable bonds is 8. The van der Waals surface area contributed by atoms with Crippen LogP contribution in [0.25, 0.3) is 11.3 Å². The van der Waals surface area contributed by atoms with Gasteiger partial charge in [0.25, 0.3) is 5.56 Å². The zero-order chi connectivity index (χ0) is 27.6. The van der Waals surface area contributed by atoms with Crippen LogP contribution in [-0.4, -0.2) is 23.5 Å². The highest BCUT2D eigenvalue weighted by atomic mass is 32.2. The highest BCUT2D eigenvalue weighted by Gasteiger charge is 2.26. The second-order valence-electron chi connectivity index (χ2n) is 9.58. The molecule has 0 aliphatic heterocycles. The van der Waals surface area contributed by atoms with Gasteiger partial charge in [-0.15, -0.1) is 0 Å². The van der Waals surface area contributed by atoms with E-state index in [-0.39, 0.29) is 11.4 Å². The van der Waals surface area contributed by atoms with Gasteiger partial charge in [-0.05, 0) is 67.6 Å². The van der Waals surface area contributed by atoms with E-state index < -0.39 is 26.7 Å². The molecule has 2 aromatic heterocycles. The molecule has 0 aliphatic carbocycles. The van der Waals surface area contributed by atoms with Crippen LogP contribution < -0.4 is 15.0 Å².